The normalized spacial score (nSPS) is 18.6. The minimum absolute atomic E-state index is 0.132. The first-order chi connectivity index (χ1) is 10.8. The molecule has 116 valence electrons. The summed E-state index contributed by atoms with van der Waals surface area (Å²) in [4.78, 5) is 20.1. The van der Waals surface area contributed by atoms with Crippen LogP contribution in [0, 0.1) is 0 Å². The van der Waals surface area contributed by atoms with Crippen LogP contribution < -0.4 is 5.32 Å². The van der Waals surface area contributed by atoms with Crippen LogP contribution in [0.3, 0.4) is 0 Å². The van der Waals surface area contributed by atoms with Gasteiger partial charge < -0.3 is 10.2 Å². The lowest BCUT2D eigenvalue weighted by molar-refractivity contribution is 0.0647. The van der Waals surface area contributed by atoms with Crippen LogP contribution in [-0.2, 0) is 6.54 Å². The molecule has 1 saturated heterocycles. The average molecular weight is 315 g/mol. The van der Waals surface area contributed by atoms with Crippen molar-refractivity contribution in [3.05, 3.63) is 52.5 Å². The summed E-state index contributed by atoms with van der Waals surface area (Å²) in [6.07, 6.45) is 4.96. The second-order valence-electron chi connectivity index (χ2n) is 5.57. The first-order valence-electron chi connectivity index (χ1n) is 7.79. The Morgan fingerprint density at radius 1 is 1.27 bits per heavy atom. The number of hydrogen-bond acceptors (Lipinski definition) is 4. The van der Waals surface area contributed by atoms with E-state index in [-0.39, 0.29) is 11.9 Å². The van der Waals surface area contributed by atoms with Crippen LogP contribution in [-0.4, -0.2) is 34.9 Å². The lowest BCUT2D eigenvalue weighted by Crippen LogP contribution is -2.40. The minimum atomic E-state index is 0.132. The highest BCUT2D eigenvalue weighted by Crippen LogP contribution is 2.21. The summed E-state index contributed by atoms with van der Waals surface area (Å²) < 4.78 is 0. The zero-order valence-corrected chi connectivity index (χ0v) is 13.4. The van der Waals surface area contributed by atoms with E-state index in [9.17, 15) is 4.79 Å². The number of hydrogen-bond donors (Lipinski definition) is 1. The standard InChI is InChI=1S/C17H21N3OS/c21-17(16-7-4-12-22-16)20(13-14-5-1-2-10-19-14)15-6-3-9-18-11-8-15/h1-2,4-5,7,10,12,15,18H,3,6,8-9,11,13H2. The maximum atomic E-state index is 12.9. The Morgan fingerprint density at radius 3 is 3.00 bits per heavy atom. The zero-order valence-electron chi connectivity index (χ0n) is 12.6. The maximum absolute atomic E-state index is 12.9. The molecule has 1 amide bonds. The van der Waals surface area contributed by atoms with E-state index in [0.29, 0.717) is 6.54 Å². The molecule has 1 N–H and O–H groups in total. The predicted molar refractivity (Wildman–Crippen MR) is 88.9 cm³/mol. The lowest BCUT2D eigenvalue weighted by atomic mass is 10.1. The topological polar surface area (TPSA) is 45.2 Å². The number of thiophene rings is 1. The molecule has 0 radical (unpaired) electrons. The Hall–Kier alpha value is -1.72. The average Bonchev–Trinajstić information content (AvgIpc) is 2.96. The Bertz CT molecular complexity index is 577. The molecule has 1 aliphatic heterocycles. The molecular formula is C17H21N3OS. The molecule has 4 nitrogen and oxygen atoms in total. The second-order valence-corrected chi connectivity index (χ2v) is 6.51. The fourth-order valence-electron chi connectivity index (χ4n) is 2.89. The summed E-state index contributed by atoms with van der Waals surface area (Å²) in [5.41, 5.74) is 0.949. The van der Waals surface area contributed by atoms with Crippen molar-refractivity contribution in [3.63, 3.8) is 0 Å². The molecule has 0 aromatic carbocycles. The molecular weight excluding hydrogens is 294 g/mol. The van der Waals surface area contributed by atoms with Crippen LogP contribution in [0.15, 0.2) is 41.9 Å². The third-order valence-electron chi connectivity index (χ3n) is 4.04. The SMILES string of the molecule is O=C(c1cccs1)N(Cc1ccccn1)C1CCCNCC1. The maximum Gasteiger partial charge on any atom is 0.264 e. The molecule has 3 heterocycles. The van der Waals surface area contributed by atoms with Crippen LogP contribution in [0.5, 0.6) is 0 Å². The summed E-state index contributed by atoms with van der Waals surface area (Å²) in [6.45, 7) is 2.60. The number of carbonyl (C=O) groups is 1. The molecule has 0 spiro atoms. The Balaban J connectivity index is 1.82. The van der Waals surface area contributed by atoms with Gasteiger partial charge in [0.2, 0.25) is 0 Å². The van der Waals surface area contributed by atoms with Gasteiger partial charge in [-0.05, 0) is 55.9 Å². The summed E-state index contributed by atoms with van der Waals surface area (Å²) in [5.74, 6) is 0.132. The van der Waals surface area contributed by atoms with Crippen molar-refractivity contribution >= 4 is 17.2 Å². The number of nitrogens with one attached hydrogen (secondary N) is 1. The van der Waals surface area contributed by atoms with Crippen molar-refractivity contribution < 1.29 is 4.79 Å². The quantitative estimate of drug-likeness (QED) is 0.943. The van der Waals surface area contributed by atoms with Crippen molar-refractivity contribution in [1.29, 1.82) is 0 Å². The van der Waals surface area contributed by atoms with Crippen molar-refractivity contribution in [2.75, 3.05) is 13.1 Å². The molecule has 0 saturated carbocycles. The molecule has 1 atom stereocenters. The molecule has 0 aliphatic carbocycles. The van der Waals surface area contributed by atoms with E-state index in [1.165, 1.54) is 11.3 Å². The van der Waals surface area contributed by atoms with E-state index in [1.54, 1.807) is 6.20 Å². The van der Waals surface area contributed by atoms with Gasteiger partial charge in [-0.25, -0.2) is 0 Å². The smallest absolute Gasteiger partial charge is 0.264 e. The van der Waals surface area contributed by atoms with Crippen molar-refractivity contribution in [3.8, 4) is 0 Å². The third-order valence-corrected chi connectivity index (χ3v) is 4.90. The highest BCUT2D eigenvalue weighted by atomic mass is 32.1. The molecule has 3 rings (SSSR count). The molecule has 0 bridgehead atoms. The molecule has 22 heavy (non-hydrogen) atoms. The van der Waals surface area contributed by atoms with Gasteiger partial charge >= 0.3 is 0 Å². The van der Waals surface area contributed by atoms with Crippen LogP contribution >= 0.6 is 11.3 Å². The number of nitrogens with zero attached hydrogens (tertiary/aromatic N) is 2. The van der Waals surface area contributed by atoms with Gasteiger partial charge in [-0.2, -0.15) is 0 Å². The number of carbonyl (C=O) groups excluding carboxylic acids is 1. The van der Waals surface area contributed by atoms with Crippen LogP contribution in [0.4, 0.5) is 0 Å². The highest BCUT2D eigenvalue weighted by Gasteiger charge is 2.26. The van der Waals surface area contributed by atoms with E-state index in [4.69, 9.17) is 0 Å². The molecule has 5 heteroatoms. The van der Waals surface area contributed by atoms with E-state index in [2.05, 4.69) is 10.3 Å². The van der Waals surface area contributed by atoms with E-state index in [0.717, 1.165) is 42.9 Å². The van der Waals surface area contributed by atoms with Gasteiger partial charge in [0.25, 0.3) is 5.91 Å². The fourth-order valence-corrected chi connectivity index (χ4v) is 3.57. The van der Waals surface area contributed by atoms with Crippen LogP contribution in [0.25, 0.3) is 0 Å². The first-order valence-corrected chi connectivity index (χ1v) is 8.67. The van der Waals surface area contributed by atoms with Gasteiger partial charge in [0.15, 0.2) is 0 Å². The number of aromatic nitrogens is 1. The van der Waals surface area contributed by atoms with Gasteiger partial charge in [-0.1, -0.05) is 12.1 Å². The van der Waals surface area contributed by atoms with E-state index in [1.807, 2.05) is 40.6 Å². The Labute approximate surface area is 135 Å². The molecule has 2 aromatic heterocycles. The summed E-state index contributed by atoms with van der Waals surface area (Å²) >= 11 is 1.51. The van der Waals surface area contributed by atoms with Crippen LogP contribution in [0.2, 0.25) is 0 Å². The first kappa shape index (κ1) is 15.2. The largest absolute Gasteiger partial charge is 0.329 e. The van der Waals surface area contributed by atoms with E-state index >= 15 is 0 Å². The highest BCUT2D eigenvalue weighted by molar-refractivity contribution is 7.12. The summed E-state index contributed by atoms with van der Waals surface area (Å²) in [7, 11) is 0. The summed E-state index contributed by atoms with van der Waals surface area (Å²) in [5, 5.41) is 5.38. The second kappa shape index (κ2) is 7.51. The molecule has 1 unspecified atom stereocenters. The fraction of sp³-hybridized carbons (Fsp3) is 0.412. The van der Waals surface area contributed by atoms with Crippen molar-refractivity contribution in [1.82, 2.24) is 15.2 Å². The molecule has 1 fully saturated rings. The van der Waals surface area contributed by atoms with Gasteiger partial charge in [-0.15, -0.1) is 11.3 Å². The van der Waals surface area contributed by atoms with Gasteiger partial charge in [0.05, 0.1) is 17.1 Å². The van der Waals surface area contributed by atoms with Gasteiger partial charge in [-0.3, -0.25) is 9.78 Å². The van der Waals surface area contributed by atoms with Crippen molar-refractivity contribution in [2.45, 2.75) is 31.8 Å². The number of rotatable bonds is 4. The van der Waals surface area contributed by atoms with Gasteiger partial charge in [0, 0.05) is 12.2 Å². The van der Waals surface area contributed by atoms with Crippen molar-refractivity contribution in [2.24, 2.45) is 0 Å². The Morgan fingerprint density at radius 2 is 2.23 bits per heavy atom. The number of amides is 1. The monoisotopic (exact) mass is 315 g/mol. The molecule has 1 aliphatic rings. The Kier molecular flexibility index (Phi) is 5.19. The van der Waals surface area contributed by atoms with Gasteiger partial charge in [0.1, 0.15) is 0 Å². The number of pyridine rings is 1. The summed E-state index contributed by atoms with van der Waals surface area (Å²) in [6, 6.07) is 10.0. The lowest BCUT2D eigenvalue weighted by Gasteiger charge is -2.30. The third kappa shape index (κ3) is 3.72. The minimum Gasteiger partial charge on any atom is -0.329 e. The predicted octanol–water partition coefficient (Wildman–Crippen LogP) is 2.93. The molecule has 2 aromatic rings. The van der Waals surface area contributed by atoms with E-state index < -0.39 is 0 Å². The van der Waals surface area contributed by atoms with Crippen LogP contribution in [0.1, 0.15) is 34.6 Å². The zero-order chi connectivity index (χ0) is 15.2.